The van der Waals surface area contributed by atoms with Crippen molar-refractivity contribution in [3.05, 3.63) is 34.3 Å². The zero-order chi connectivity index (χ0) is 14.5. The van der Waals surface area contributed by atoms with Crippen LogP contribution in [0.3, 0.4) is 0 Å². The van der Waals surface area contributed by atoms with E-state index in [1.807, 2.05) is 0 Å². The molecule has 2 atom stereocenters. The predicted molar refractivity (Wildman–Crippen MR) is 88.7 cm³/mol. The molecule has 0 saturated heterocycles. The van der Waals surface area contributed by atoms with Gasteiger partial charge in [-0.15, -0.1) is 0 Å². The van der Waals surface area contributed by atoms with Crippen molar-refractivity contribution >= 4 is 15.9 Å². The number of hydrogen-bond donors (Lipinski definition) is 1. The Morgan fingerprint density at radius 2 is 1.74 bits per heavy atom. The van der Waals surface area contributed by atoms with E-state index in [4.69, 9.17) is 0 Å². The van der Waals surface area contributed by atoms with Gasteiger partial charge in [-0.25, -0.2) is 0 Å². The fourth-order valence-corrected chi connectivity index (χ4v) is 2.42. The van der Waals surface area contributed by atoms with E-state index in [0.717, 1.165) is 16.9 Å². The van der Waals surface area contributed by atoms with Crippen molar-refractivity contribution < 1.29 is 0 Å². The van der Waals surface area contributed by atoms with Gasteiger partial charge in [-0.05, 0) is 56.7 Å². The van der Waals surface area contributed by atoms with E-state index in [9.17, 15) is 0 Å². The monoisotopic (exact) mass is 325 g/mol. The molecule has 2 unspecified atom stereocenters. The summed E-state index contributed by atoms with van der Waals surface area (Å²) in [5, 5.41) is 3.65. The van der Waals surface area contributed by atoms with Gasteiger partial charge in [0.1, 0.15) is 0 Å². The number of rotatable bonds is 6. The summed E-state index contributed by atoms with van der Waals surface area (Å²) in [4.78, 5) is 0. The largest absolute Gasteiger partial charge is 0.311 e. The zero-order valence-corrected chi connectivity index (χ0v) is 14.5. The molecule has 108 valence electrons. The Hall–Kier alpha value is -0.340. The zero-order valence-electron chi connectivity index (χ0n) is 13.0. The third kappa shape index (κ3) is 6.58. The topological polar surface area (TPSA) is 12.0 Å². The normalized spacial score (nSPS) is 15.3. The van der Waals surface area contributed by atoms with Crippen LogP contribution >= 0.6 is 15.9 Å². The van der Waals surface area contributed by atoms with Crippen molar-refractivity contribution in [2.45, 2.75) is 58.9 Å². The Labute approximate surface area is 127 Å². The molecule has 1 aromatic carbocycles. The minimum Gasteiger partial charge on any atom is -0.311 e. The predicted octanol–water partition coefficient (Wildman–Crippen LogP) is 5.36. The average molecular weight is 326 g/mol. The number of benzene rings is 1. The third-order valence-corrected chi connectivity index (χ3v) is 4.13. The lowest BCUT2D eigenvalue weighted by atomic mass is 9.88. The first-order valence-electron chi connectivity index (χ1n) is 7.32. The molecule has 0 amide bonds. The van der Waals surface area contributed by atoms with Gasteiger partial charge in [0, 0.05) is 16.6 Å². The molecule has 0 aliphatic carbocycles. The maximum absolute atomic E-state index is 3.65. The van der Waals surface area contributed by atoms with E-state index in [2.05, 4.69) is 80.1 Å². The third-order valence-electron chi connectivity index (χ3n) is 3.60. The van der Waals surface area contributed by atoms with E-state index in [1.165, 1.54) is 18.4 Å². The molecular formula is C17H28BrN. The molecule has 0 aromatic heterocycles. The number of halogens is 1. The SMILES string of the molecule is CCC(C)CC(CNC(C)(C)C)c1ccc(Br)cc1. The summed E-state index contributed by atoms with van der Waals surface area (Å²) in [5.74, 6) is 1.37. The lowest BCUT2D eigenvalue weighted by molar-refractivity contribution is 0.372. The molecule has 0 saturated carbocycles. The molecule has 1 N–H and O–H groups in total. The van der Waals surface area contributed by atoms with Crippen molar-refractivity contribution in [2.75, 3.05) is 6.54 Å². The van der Waals surface area contributed by atoms with Crippen LogP contribution in [0.5, 0.6) is 0 Å². The summed E-state index contributed by atoms with van der Waals surface area (Å²) in [6, 6.07) is 8.80. The number of hydrogen-bond acceptors (Lipinski definition) is 1. The molecule has 0 heterocycles. The molecule has 19 heavy (non-hydrogen) atoms. The lowest BCUT2D eigenvalue weighted by Gasteiger charge is -2.27. The molecule has 0 bridgehead atoms. The van der Waals surface area contributed by atoms with Gasteiger partial charge in [0.2, 0.25) is 0 Å². The molecule has 2 heteroatoms. The fourth-order valence-electron chi connectivity index (χ4n) is 2.15. The Bertz CT molecular complexity index is 364. The maximum Gasteiger partial charge on any atom is 0.0175 e. The molecule has 0 aliphatic heterocycles. The van der Waals surface area contributed by atoms with Crippen molar-refractivity contribution in [1.82, 2.24) is 5.32 Å². The van der Waals surface area contributed by atoms with Crippen LogP contribution in [0.15, 0.2) is 28.7 Å². The second-order valence-electron chi connectivity index (χ2n) is 6.63. The van der Waals surface area contributed by atoms with Crippen LogP contribution in [0.2, 0.25) is 0 Å². The fraction of sp³-hybridized carbons (Fsp3) is 0.647. The highest BCUT2D eigenvalue weighted by Gasteiger charge is 2.17. The Kier molecular flexibility index (Phi) is 6.55. The van der Waals surface area contributed by atoms with Crippen LogP contribution in [0.1, 0.15) is 58.9 Å². The van der Waals surface area contributed by atoms with Gasteiger partial charge in [0.15, 0.2) is 0 Å². The molecule has 0 spiro atoms. The highest BCUT2D eigenvalue weighted by molar-refractivity contribution is 9.10. The molecule has 1 nitrogen and oxygen atoms in total. The van der Waals surface area contributed by atoms with Gasteiger partial charge >= 0.3 is 0 Å². The Morgan fingerprint density at radius 3 is 2.21 bits per heavy atom. The first-order chi connectivity index (χ1) is 8.81. The molecule has 0 fully saturated rings. The first-order valence-corrected chi connectivity index (χ1v) is 8.11. The summed E-state index contributed by atoms with van der Waals surface area (Å²) in [6.07, 6.45) is 2.50. The van der Waals surface area contributed by atoms with E-state index in [0.29, 0.717) is 5.92 Å². The average Bonchev–Trinajstić information content (AvgIpc) is 2.34. The Morgan fingerprint density at radius 1 is 1.16 bits per heavy atom. The standard InChI is InChI=1S/C17H28BrN/c1-6-13(2)11-15(12-19-17(3,4)5)14-7-9-16(18)10-8-14/h7-10,13,15,19H,6,11-12H2,1-5H3. The van der Waals surface area contributed by atoms with Crippen LogP contribution in [0.25, 0.3) is 0 Å². The smallest absolute Gasteiger partial charge is 0.0175 e. The summed E-state index contributed by atoms with van der Waals surface area (Å²) in [6.45, 7) is 12.4. The summed E-state index contributed by atoms with van der Waals surface area (Å²) < 4.78 is 1.15. The highest BCUT2D eigenvalue weighted by atomic mass is 79.9. The molecule has 1 rings (SSSR count). The van der Waals surface area contributed by atoms with Crippen LogP contribution in [0.4, 0.5) is 0 Å². The molecule has 1 aromatic rings. The van der Waals surface area contributed by atoms with E-state index < -0.39 is 0 Å². The number of nitrogens with one attached hydrogen (secondary N) is 1. The lowest BCUT2D eigenvalue weighted by Crippen LogP contribution is -2.38. The first kappa shape index (κ1) is 16.7. The highest BCUT2D eigenvalue weighted by Crippen LogP contribution is 2.26. The van der Waals surface area contributed by atoms with Crippen molar-refractivity contribution in [1.29, 1.82) is 0 Å². The minimum absolute atomic E-state index is 0.184. The van der Waals surface area contributed by atoms with Crippen LogP contribution in [-0.4, -0.2) is 12.1 Å². The quantitative estimate of drug-likeness (QED) is 0.742. The maximum atomic E-state index is 3.65. The van der Waals surface area contributed by atoms with Gasteiger partial charge in [-0.1, -0.05) is 48.3 Å². The molecule has 0 aliphatic rings. The van der Waals surface area contributed by atoms with Gasteiger partial charge < -0.3 is 5.32 Å². The minimum atomic E-state index is 0.184. The van der Waals surface area contributed by atoms with Gasteiger partial charge in [-0.2, -0.15) is 0 Å². The van der Waals surface area contributed by atoms with E-state index in [-0.39, 0.29) is 5.54 Å². The summed E-state index contributed by atoms with van der Waals surface area (Å²) in [7, 11) is 0. The van der Waals surface area contributed by atoms with Crippen molar-refractivity contribution in [2.24, 2.45) is 5.92 Å². The van der Waals surface area contributed by atoms with Crippen LogP contribution < -0.4 is 5.32 Å². The second-order valence-corrected chi connectivity index (χ2v) is 7.54. The molecular weight excluding hydrogens is 298 g/mol. The van der Waals surface area contributed by atoms with Crippen molar-refractivity contribution in [3.8, 4) is 0 Å². The summed E-state index contributed by atoms with van der Waals surface area (Å²) in [5.41, 5.74) is 1.63. The Balaban J connectivity index is 2.76. The van der Waals surface area contributed by atoms with Gasteiger partial charge in [-0.3, -0.25) is 0 Å². The van der Waals surface area contributed by atoms with Gasteiger partial charge in [0.25, 0.3) is 0 Å². The summed E-state index contributed by atoms with van der Waals surface area (Å²) >= 11 is 3.51. The van der Waals surface area contributed by atoms with Crippen LogP contribution in [-0.2, 0) is 0 Å². The van der Waals surface area contributed by atoms with Crippen LogP contribution in [0, 0.1) is 5.92 Å². The van der Waals surface area contributed by atoms with E-state index in [1.54, 1.807) is 0 Å². The van der Waals surface area contributed by atoms with Crippen molar-refractivity contribution in [3.63, 3.8) is 0 Å². The second kappa shape index (κ2) is 7.44. The molecule has 0 radical (unpaired) electrons. The van der Waals surface area contributed by atoms with Gasteiger partial charge in [0.05, 0.1) is 0 Å². The van der Waals surface area contributed by atoms with E-state index >= 15 is 0 Å².